The number of amides is 1. The van der Waals surface area contributed by atoms with Gasteiger partial charge in [-0.25, -0.2) is 4.39 Å². The maximum Gasteiger partial charge on any atom is 0.393 e. The lowest BCUT2D eigenvalue weighted by atomic mass is 9.98. The number of likely N-dealkylation sites (tertiary alicyclic amines) is 1. The molecule has 120 valence electrons. The molecular weight excluding hydrogens is 320 g/mol. The fourth-order valence-electron chi connectivity index (χ4n) is 2.28. The second kappa shape index (κ2) is 6.60. The van der Waals surface area contributed by atoms with E-state index in [0.29, 0.717) is 13.0 Å². The largest absolute Gasteiger partial charge is 0.393 e. The van der Waals surface area contributed by atoms with Crippen LogP contribution in [0, 0.1) is 11.7 Å². The minimum absolute atomic E-state index is 0.0386. The Morgan fingerprint density at radius 3 is 2.50 bits per heavy atom. The third-order valence-corrected chi connectivity index (χ3v) is 3.86. The molecule has 1 atom stereocenters. The van der Waals surface area contributed by atoms with Gasteiger partial charge in [-0.2, -0.15) is 13.2 Å². The van der Waals surface area contributed by atoms with Crippen molar-refractivity contribution in [1.82, 2.24) is 10.2 Å². The van der Waals surface area contributed by atoms with Gasteiger partial charge in [0.2, 0.25) is 0 Å². The highest BCUT2D eigenvalue weighted by atomic mass is 32.1. The minimum atomic E-state index is -4.27. The molecule has 0 aromatic heterocycles. The van der Waals surface area contributed by atoms with E-state index in [1.807, 2.05) is 0 Å². The van der Waals surface area contributed by atoms with Crippen LogP contribution in [0.5, 0.6) is 0 Å². The van der Waals surface area contributed by atoms with Crippen molar-refractivity contribution < 1.29 is 22.4 Å². The minimum Gasteiger partial charge on any atom is -0.348 e. The summed E-state index contributed by atoms with van der Waals surface area (Å²) in [6.45, 7) is 0.112. The van der Waals surface area contributed by atoms with Crippen molar-refractivity contribution >= 4 is 23.2 Å². The van der Waals surface area contributed by atoms with Gasteiger partial charge >= 0.3 is 6.18 Å². The molecular formula is C14H14F4N2OS. The molecule has 1 aromatic carbocycles. The smallest absolute Gasteiger partial charge is 0.348 e. The van der Waals surface area contributed by atoms with Crippen LogP contribution in [0.25, 0.3) is 0 Å². The van der Waals surface area contributed by atoms with Gasteiger partial charge in [0, 0.05) is 18.7 Å². The molecule has 3 nitrogen and oxygen atoms in total. The fourth-order valence-corrected chi connectivity index (χ4v) is 2.54. The highest BCUT2D eigenvalue weighted by Crippen LogP contribution is 2.33. The molecule has 1 N–H and O–H groups in total. The van der Waals surface area contributed by atoms with E-state index >= 15 is 0 Å². The number of halogens is 4. The second-order valence-electron chi connectivity index (χ2n) is 5.09. The van der Waals surface area contributed by atoms with Crippen LogP contribution in [0.2, 0.25) is 0 Å². The molecule has 1 saturated heterocycles. The Balaban J connectivity index is 1.96. The molecule has 8 heteroatoms. The first-order chi connectivity index (χ1) is 10.3. The van der Waals surface area contributed by atoms with Gasteiger partial charge in [-0.1, -0.05) is 0 Å². The molecule has 1 fully saturated rings. The summed E-state index contributed by atoms with van der Waals surface area (Å²) in [6.07, 6.45) is -3.85. The molecule has 1 aromatic rings. The highest BCUT2D eigenvalue weighted by molar-refractivity contribution is 7.80. The fraction of sp³-hybridized carbons (Fsp3) is 0.429. The number of carbonyl (C=O) groups excluding carboxylic acids is 1. The Hall–Kier alpha value is -1.70. The highest BCUT2D eigenvalue weighted by Gasteiger charge is 2.42. The Kier molecular flexibility index (Phi) is 5.00. The number of nitrogens with zero attached hydrogens (tertiary/aromatic N) is 1. The van der Waals surface area contributed by atoms with Crippen LogP contribution in [-0.2, 0) is 0 Å². The molecule has 0 spiro atoms. The molecule has 1 amide bonds. The number of alkyl halides is 3. The van der Waals surface area contributed by atoms with Crippen LogP contribution in [0.15, 0.2) is 24.3 Å². The van der Waals surface area contributed by atoms with Crippen LogP contribution >= 0.6 is 12.2 Å². The molecule has 0 aliphatic carbocycles. The van der Waals surface area contributed by atoms with E-state index < -0.39 is 23.8 Å². The van der Waals surface area contributed by atoms with E-state index in [4.69, 9.17) is 12.2 Å². The first-order valence-electron chi connectivity index (χ1n) is 6.70. The average Bonchev–Trinajstić information content (AvgIpc) is 2.47. The molecule has 22 heavy (non-hydrogen) atoms. The summed E-state index contributed by atoms with van der Waals surface area (Å²) in [4.78, 5) is 13.3. The second-order valence-corrected chi connectivity index (χ2v) is 5.48. The van der Waals surface area contributed by atoms with Crippen molar-refractivity contribution in [3.63, 3.8) is 0 Å². The quantitative estimate of drug-likeness (QED) is 0.633. The number of thiocarbonyl (C=S) groups is 1. The van der Waals surface area contributed by atoms with Crippen LogP contribution in [0.3, 0.4) is 0 Å². The lowest BCUT2D eigenvalue weighted by Crippen LogP contribution is -2.49. The van der Waals surface area contributed by atoms with Crippen molar-refractivity contribution in [2.75, 3.05) is 13.1 Å². The summed E-state index contributed by atoms with van der Waals surface area (Å²) in [5.74, 6) is -2.50. The van der Waals surface area contributed by atoms with Crippen molar-refractivity contribution in [2.45, 2.75) is 19.0 Å². The molecule has 0 radical (unpaired) electrons. The number of hydrogen-bond donors (Lipinski definition) is 1. The zero-order chi connectivity index (χ0) is 16.3. The molecule has 1 heterocycles. The van der Waals surface area contributed by atoms with E-state index in [1.54, 1.807) is 0 Å². The van der Waals surface area contributed by atoms with Crippen LogP contribution in [-0.4, -0.2) is 35.2 Å². The SMILES string of the molecule is O=C(NC(=S)N1CCCC(C(F)(F)F)C1)c1ccc(F)cc1. The maximum absolute atomic E-state index is 12.8. The zero-order valence-electron chi connectivity index (χ0n) is 11.5. The third kappa shape index (κ3) is 4.16. The molecule has 0 bridgehead atoms. The summed E-state index contributed by atoms with van der Waals surface area (Å²) in [7, 11) is 0. The predicted octanol–water partition coefficient (Wildman–Crippen LogP) is 3.11. The molecule has 2 rings (SSSR count). The van der Waals surface area contributed by atoms with Crippen molar-refractivity contribution in [1.29, 1.82) is 0 Å². The number of carbonyl (C=O) groups is 1. The van der Waals surface area contributed by atoms with Crippen LogP contribution < -0.4 is 5.32 Å². The van der Waals surface area contributed by atoms with Gasteiger partial charge in [0.05, 0.1) is 5.92 Å². The first-order valence-corrected chi connectivity index (χ1v) is 7.11. The van der Waals surface area contributed by atoms with Crippen molar-refractivity contribution in [3.8, 4) is 0 Å². The third-order valence-electron chi connectivity index (χ3n) is 3.50. The molecule has 1 aliphatic heterocycles. The Labute approximate surface area is 130 Å². The zero-order valence-corrected chi connectivity index (χ0v) is 12.3. The number of piperidine rings is 1. The normalized spacial score (nSPS) is 18.9. The molecule has 1 unspecified atom stereocenters. The Morgan fingerprint density at radius 2 is 1.91 bits per heavy atom. The number of hydrogen-bond acceptors (Lipinski definition) is 2. The molecule has 1 aliphatic rings. The van der Waals surface area contributed by atoms with E-state index in [0.717, 1.165) is 12.1 Å². The average molecular weight is 334 g/mol. The lowest BCUT2D eigenvalue weighted by Gasteiger charge is -2.35. The van der Waals surface area contributed by atoms with Crippen LogP contribution in [0.1, 0.15) is 23.2 Å². The summed E-state index contributed by atoms with van der Waals surface area (Å²) >= 11 is 5.00. The standard InChI is InChI=1S/C14H14F4N2OS/c15-11-5-3-9(4-6-11)12(21)19-13(22)20-7-1-2-10(8-20)14(16,17)18/h3-6,10H,1-2,7-8H2,(H,19,21,22). The van der Waals surface area contributed by atoms with Crippen molar-refractivity contribution in [2.24, 2.45) is 5.92 Å². The van der Waals surface area contributed by atoms with Gasteiger partial charge in [0.15, 0.2) is 5.11 Å². The number of rotatable bonds is 1. The van der Waals surface area contributed by atoms with Gasteiger partial charge in [-0.15, -0.1) is 0 Å². The van der Waals surface area contributed by atoms with E-state index in [-0.39, 0.29) is 23.6 Å². The van der Waals surface area contributed by atoms with Gasteiger partial charge in [0.25, 0.3) is 5.91 Å². The first kappa shape index (κ1) is 16.7. The van der Waals surface area contributed by atoms with E-state index in [2.05, 4.69) is 5.32 Å². The van der Waals surface area contributed by atoms with Crippen LogP contribution in [0.4, 0.5) is 17.6 Å². The summed E-state index contributed by atoms with van der Waals surface area (Å²) in [5.41, 5.74) is 0.188. The van der Waals surface area contributed by atoms with Gasteiger partial charge in [-0.3, -0.25) is 10.1 Å². The lowest BCUT2D eigenvalue weighted by molar-refractivity contribution is -0.183. The monoisotopic (exact) mass is 334 g/mol. The van der Waals surface area contributed by atoms with E-state index in [9.17, 15) is 22.4 Å². The van der Waals surface area contributed by atoms with E-state index in [1.165, 1.54) is 17.0 Å². The summed E-state index contributed by atoms with van der Waals surface area (Å²) in [5, 5.41) is 2.35. The number of nitrogens with one attached hydrogen (secondary N) is 1. The Bertz CT molecular complexity index is 559. The summed E-state index contributed by atoms with van der Waals surface area (Å²) < 4.78 is 51.0. The maximum atomic E-state index is 12.8. The van der Waals surface area contributed by atoms with Gasteiger partial charge < -0.3 is 4.90 Å². The molecule has 0 saturated carbocycles. The predicted molar refractivity (Wildman–Crippen MR) is 76.8 cm³/mol. The Morgan fingerprint density at radius 1 is 1.27 bits per heavy atom. The summed E-state index contributed by atoms with van der Waals surface area (Å²) in [6, 6.07) is 4.81. The topological polar surface area (TPSA) is 32.3 Å². The number of benzene rings is 1. The van der Waals surface area contributed by atoms with Gasteiger partial charge in [-0.05, 0) is 49.3 Å². The van der Waals surface area contributed by atoms with Gasteiger partial charge in [0.1, 0.15) is 5.82 Å². The van der Waals surface area contributed by atoms with Crippen molar-refractivity contribution in [3.05, 3.63) is 35.6 Å².